The Labute approximate surface area is 152 Å². The summed E-state index contributed by atoms with van der Waals surface area (Å²) in [4.78, 5) is 23.4. The van der Waals surface area contributed by atoms with Crippen LogP contribution >= 0.6 is 0 Å². The van der Waals surface area contributed by atoms with Gasteiger partial charge < -0.3 is 21.7 Å². The van der Waals surface area contributed by atoms with Crippen molar-refractivity contribution >= 4 is 17.6 Å². The van der Waals surface area contributed by atoms with Crippen molar-refractivity contribution in [2.45, 2.75) is 25.9 Å². The van der Waals surface area contributed by atoms with Crippen LogP contribution in [0.2, 0.25) is 0 Å². The second kappa shape index (κ2) is 10.0. The van der Waals surface area contributed by atoms with Crippen LogP contribution in [0.25, 0.3) is 0 Å². The number of hydrogen-bond donors (Lipinski definition) is 4. The van der Waals surface area contributed by atoms with E-state index in [0.29, 0.717) is 30.8 Å². The first-order chi connectivity index (χ1) is 12.5. The second-order valence-corrected chi connectivity index (χ2v) is 5.82. The number of anilines is 1. The lowest BCUT2D eigenvalue weighted by Crippen LogP contribution is -2.36. The van der Waals surface area contributed by atoms with Crippen LogP contribution in [0, 0.1) is 5.82 Å². The molecule has 0 bridgehead atoms. The van der Waals surface area contributed by atoms with Crippen LogP contribution in [0.3, 0.4) is 0 Å². The number of carbonyl (C=O) groups is 2. The average Bonchev–Trinajstić information content (AvgIpc) is 2.64. The van der Waals surface area contributed by atoms with Gasteiger partial charge in [0.1, 0.15) is 5.82 Å². The van der Waals surface area contributed by atoms with Crippen molar-refractivity contribution in [3.05, 3.63) is 65.5 Å². The summed E-state index contributed by atoms with van der Waals surface area (Å²) >= 11 is 0. The number of rotatable bonds is 8. The van der Waals surface area contributed by atoms with E-state index >= 15 is 0 Å². The standard InChI is InChI=1S/C19H23FN4O2/c20-17-5-2-1-4-15(17)13-23-18(25)6-3-11-22-19(26)24-12-14-7-9-16(21)10-8-14/h1-2,4-5,7-10H,3,6,11-13,21H2,(H,23,25)(H2,22,24,26). The maximum atomic E-state index is 13.4. The minimum Gasteiger partial charge on any atom is -0.399 e. The molecule has 7 heteroatoms. The molecule has 0 aromatic heterocycles. The number of nitrogens with one attached hydrogen (secondary N) is 3. The first-order valence-corrected chi connectivity index (χ1v) is 8.41. The molecule has 0 aliphatic carbocycles. The Morgan fingerprint density at radius 3 is 2.38 bits per heavy atom. The molecule has 0 aliphatic heterocycles. The van der Waals surface area contributed by atoms with E-state index in [1.165, 1.54) is 6.07 Å². The average molecular weight is 358 g/mol. The first-order valence-electron chi connectivity index (χ1n) is 8.41. The van der Waals surface area contributed by atoms with E-state index in [0.717, 1.165) is 5.56 Å². The fraction of sp³-hybridized carbons (Fsp3) is 0.263. The Morgan fingerprint density at radius 2 is 1.65 bits per heavy atom. The summed E-state index contributed by atoms with van der Waals surface area (Å²) in [5.41, 5.74) is 7.66. The highest BCUT2D eigenvalue weighted by Crippen LogP contribution is 2.06. The number of urea groups is 1. The van der Waals surface area contributed by atoms with Crippen molar-refractivity contribution in [3.63, 3.8) is 0 Å². The lowest BCUT2D eigenvalue weighted by molar-refractivity contribution is -0.121. The smallest absolute Gasteiger partial charge is 0.315 e. The number of nitrogen functional groups attached to an aromatic ring is 1. The molecule has 26 heavy (non-hydrogen) atoms. The van der Waals surface area contributed by atoms with Crippen LogP contribution in [-0.4, -0.2) is 18.5 Å². The molecule has 0 atom stereocenters. The predicted molar refractivity (Wildman–Crippen MR) is 98.6 cm³/mol. The van der Waals surface area contributed by atoms with Crippen LogP contribution in [0.1, 0.15) is 24.0 Å². The van der Waals surface area contributed by atoms with E-state index < -0.39 is 0 Å². The maximum absolute atomic E-state index is 13.4. The minimum atomic E-state index is -0.341. The topological polar surface area (TPSA) is 96.2 Å². The van der Waals surface area contributed by atoms with Gasteiger partial charge in [-0.05, 0) is 30.2 Å². The van der Waals surface area contributed by atoms with Crippen LogP contribution in [0.4, 0.5) is 14.9 Å². The molecule has 2 aromatic carbocycles. The Kier molecular flexibility index (Phi) is 7.42. The van der Waals surface area contributed by atoms with Crippen molar-refractivity contribution in [1.82, 2.24) is 16.0 Å². The molecule has 0 saturated heterocycles. The predicted octanol–water partition coefficient (Wildman–Crippen LogP) is 2.30. The summed E-state index contributed by atoms with van der Waals surface area (Å²) < 4.78 is 13.4. The number of amides is 3. The molecular formula is C19H23FN4O2. The van der Waals surface area contributed by atoms with E-state index in [9.17, 15) is 14.0 Å². The van der Waals surface area contributed by atoms with Gasteiger partial charge >= 0.3 is 6.03 Å². The maximum Gasteiger partial charge on any atom is 0.315 e. The number of nitrogens with two attached hydrogens (primary N) is 1. The molecule has 0 unspecified atom stereocenters. The van der Waals surface area contributed by atoms with Crippen molar-refractivity contribution in [3.8, 4) is 0 Å². The van der Waals surface area contributed by atoms with Gasteiger partial charge in [0.25, 0.3) is 0 Å². The van der Waals surface area contributed by atoms with Crippen LogP contribution in [0.15, 0.2) is 48.5 Å². The van der Waals surface area contributed by atoms with Crippen molar-refractivity contribution in [2.75, 3.05) is 12.3 Å². The molecule has 0 heterocycles. The van der Waals surface area contributed by atoms with Crippen LogP contribution < -0.4 is 21.7 Å². The zero-order valence-electron chi connectivity index (χ0n) is 14.4. The summed E-state index contributed by atoms with van der Waals surface area (Å²) in [6, 6.07) is 13.2. The molecule has 138 valence electrons. The molecular weight excluding hydrogens is 335 g/mol. The summed E-state index contributed by atoms with van der Waals surface area (Å²) in [7, 11) is 0. The lowest BCUT2D eigenvalue weighted by atomic mass is 10.2. The van der Waals surface area contributed by atoms with Gasteiger partial charge in [-0.15, -0.1) is 0 Å². The third-order valence-electron chi connectivity index (χ3n) is 3.73. The van der Waals surface area contributed by atoms with E-state index in [2.05, 4.69) is 16.0 Å². The van der Waals surface area contributed by atoms with Gasteiger partial charge in [-0.3, -0.25) is 4.79 Å². The normalized spacial score (nSPS) is 10.2. The molecule has 0 aliphatic rings. The molecule has 0 spiro atoms. The summed E-state index contributed by atoms with van der Waals surface area (Å²) in [6.07, 6.45) is 0.755. The third-order valence-corrected chi connectivity index (χ3v) is 3.73. The summed E-state index contributed by atoms with van der Waals surface area (Å²) in [5, 5.41) is 8.08. The number of hydrogen-bond acceptors (Lipinski definition) is 3. The molecule has 0 fully saturated rings. The van der Waals surface area contributed by atoms with Crippen LogP contribution in [-0.2, 0) is 17.9 Å². The largest absolute Gasteiger partial charge is 0.399 e. The monoisotopic (exact) mass is 358 g/mol. The third kappa shape index (κ3) is 6.80. The molecule has 5 N–H and O–H groups in total. The van der Waals surface area contributed by atoms with Gasteiger partial charge in [-0.2, -0.15) is 0 Å². The van der Waals surface area contributed by atoms with E-state index in [1.807, 2.05) is 12.1 Å². The Bertz CT molecular complexity index is 735. The Hall–Kier alpha value is -3.09. The van der Waals surface area contributed by atoms with Gasteiger partial charge in [0.15, 0.2) is 0 Å². The van der Waals surface area contributed by atoms with Gasteiger partial charge in [-0.25, -0.2) is 9.18 Å². The second-order valence-electron chi connectivity index (χ2n) is 5.82. The van der Waals surface area contributed by atoms with Crippen molar-refractivity contribution < 1.29 is 14.0 Å². The van der Waals surface area contributed by atoms with E-state index in [1.54, 1.807) is 30.3 Å². The SMILES string of the molecule is Nc1ccc(CNC(=O)NCCCC(=O)NCc2ccccc2F)cc1. The summed E-state index contributed by atoms with van der Waals surface area (Å²) in [5.74, 6) is -0.524. The molecule has 3 amide bonds. The van der Waals surface area contributed by atoms with Gasteiger partial charge in [0.2, 0.25) is 5.91 Å². The van der Waals surface area contributed by atoms with Gasteiger partial charge in [0, 0.05) is 37.3 Å². The van der Waals surface area contributed by atoms with Crippen molar-refractivity contribution in [2.24, 2.45) is 0 Å². The highest BCUT2D eigenvalue weighted by atomic mass is 19.1. The fourth-order valence-electron chi connectivity index (χ4n) is 2.26. The van der Waals surface area contributed by atoms with Crippen LogP contribution in [0.5, 0.6) is 0 Å². The number of carbonyl (C=O) groups excluding carboxylic acids is 2. The fourth-order valence-corrected chi connectivity index (χ4v) is 2.26. The quantitative estimate of drug-likeness (QED) is 0.431. The zero-order chi connectivity index (χ0) is 18.8. The zero-order valence-corrected chi connectivity index (χ0v) is 14.4. The molecule has 0 saturated carbocycles. The molecule has 6 nitrogen and oxygen atoms in total. The lowest BCUT2D eigenvalue weighted by Gasteiger charge is -2.09. The van der Waals surface area contributed by atoms with E-state index in [4.69, 9.17) is 5.73 Å². The Morgan fingerprint density at radius 1 is 0.923 bits per heavy atom. The van der Waals surface area contributed by atoms with Crippen molar-refractivity contribution in [1.29, 1.82) is 0 Å². The summed E-state index contributed by atoms with van der Waals surface area (Å²) in [6.45, 7) is 0.928. The minimum absolute atomic E-state index is 0.154. The highest BCUT2D eigenvalue weighted by Gasteiger charge is 2.05. The van der Waals surface area contributed by atoms with Gasteiger partial charge in [-0.1, -0.05) is 30.3 Å². The van der Waals surface area contributed by atoms with Gasteiger partial charge in [0.05, 0.1) is 0 Å². The van der Waals surface area contributed by atoms with E-state index in [-0.39, 0.29) is 30.7 Å². The number of halogens is 1. The first kappa shape index (κ1) is 19.2. The molecule has 2 rings (SSSR count). The number of benzene rings is 2. The Balaban J connectivity index is 1.56. The molecule has 0 radical (unpaired) electrons. The molecule has 2 aromatic rings. The highest BCUT2D eigenvalue weighted by molar-refractivity contribution is 5.76.